The third-order valence-electron chi connectivity index (χ3n) is 4.20. The number of carbonyl (C=O) groups excluding carboxylic acids is 1. The molecule has 0 radical (unpaired) electrons. The SMILES string of the molecule is CCOc1cc(C(=O)OCc2cc(OC)c(OC)cc2C)c([N+](=O)[O-])cc1OC. The van der Waals surface area contributed by atoms with E-state index in [9.17, 15) is 14.9 Å². The Morgan fingerprint density at radius 3 is 2.10 bits per heavy atom. The number of aryl methyl sites for hydroxylation is 1. The lowest BCUT2D eigenvalue weighted by molar-refractivity contribution is -0.385. The average Bonchev–Trinajstić information content (AvgIpc) is 2.71. The van der Waals surface area contributed by atoms with Gasteiger partial charge in [-0.15, -0.1) is 0 Å². The summed E-state index contributed by atoms with van der Waals surface area (Å²) >= 11 is 0. The Labute approximate surface area is 168 Å². The lowest BCUT2D eigenvalue weighted by Crippen LogP contribution is -2.10. The van der Waals surface area contributed by atoms with E-state index in [0.29, 0.717) is 23.7 Å². The van der Waals surface area contributed by atoms with Gasteiger partial charge >= 0.3 is 5.97 Å². The minimum atomic E-state index is -0.852. The molecule has 0 aliphatic rings. The Morgan fingerprint density at radius 1 is 0.966 bits per heavy atom. The maximum absolute atomic E-state index is 12.6. The molecule has 0 N–H and O–H groups in total. The van der Waals surface area contributed by atoms with Crippen LogP contribution >= 0.6 is 0 Å². The van der Waals surface area contributed by atoms with Crippen LogP contribution in [0.2, 0.25) is 0 Å². The van der Waals surface area contributed by atoms with Crippen molar-refractivity contribution in [1.29, 1.82) is 0 Å². The molecule has 0 aromatic heterocycles. The molecule has 9 heteroatoms. The fourth-order valence-corrected chi connectivity index (χ4v) is 2.69. The Bertz CT molecular complexity index is 910. The fraction of sp³-hybridized carbons (Fsp3) is 0.350. The van der Waals surface area contributed by atoms with Crippen LogP contribution in [-0.4, -0.2) is 38.8 Å². The number of nitro groups is 1. The summed E-state index contributed by atoms with van der Waals surface area (Å²) in [6, 6.07) is 5.84. The summed E-state index contributed by atoms with van der Waals surface area (Å²) < 4.78 is 26.3. The van der Waals surface area contributed by atoms with E-state index in [0.717, 1.165) is 11.6 Å². The number of carbonyl (C=O) groups is 1. The van der Waals surface area contributed by atoms with Gasteiger partial charge in [0.15, 0.2) is 23.0 Å². The smallest absolute Gasteiger partial charge is 0.345 e. The van der Waals surface area contributed by atoms with Gasteiger partial charge < -0.3 is 23.7 Å². The summed E-state index contributed by atoms with van der Waals surface area (Å²) in [5.41, 5.74) is 0.837. The molecule has 0 unspecified atom stereocenters. The van der Waals surface area contributed by atoms with E-state index in [2.05, 4.69) is 0 Å². The number of benzene rings is 2. The Kier molecular flexibility index (Phi) is 7.24. The number of hydrogen-bond acceptors (Lipinski definition) is 8. The first-order valence-corrected chi connectivity index (χ1v) is 8.74. The quantitative estimate of drug-likeness (QED) is 0.353. The van der Waals surface area contributed by atoms with Crippen molar-refractivity contribution in [1.82, 2.24) is 0 Å². The van der Waals surface area contributed by atoms with E-state index < -0.39 is 16.6 Å². The maximum atomic E-state index is 12.6. The van der Waals surface area contributed by atoms with Gasteiger partial charge in [-0.25, -0.2) is 4.79 Å². The van der Waals surface area contributed by atoms with Crippen LogP contribution in [-0.2, 0) is 11.3 Å². The van der Waals surface area contributed by atoms with E-state index in [4.69, 9.17) is 23.7 Å². The van der Waals surface area contributed by atoms with Crippen molar-refractivity contribution in [2.24, 2.45) is 0 Å². The van der Waals surface area contributed by atoms with Crippen molar-refractivity contribution in [2.75, 3.05) is 27.9 Å². The summed E-state index contributed by atoms with van der Waals surface area (Å²) in [5, 5.41) is 11.4. The molecule has 156 valence electrons. The normalized spacial score (nSPS) is 10.2. The molecule has 0 spiro atoms. The first kappa shape index (κ1) is 21.8. The lowest BCUT2D eigenvalue weighted by atomic mass is 10.1. The molecule has 0 aliphatic carbocycles. The molecule has 2 aromatic carbocycles. The van der Waals surface area contributed by atoms with Gasteiger partial charge in [-0.3, -0.25) is 10.1 Å². The van der Waals surface area contributed by atoms with Crippen molar-refractivity contribution >= 4 is 11.7 Å². The number of methoxy groups -OCH3 is 3. The van der Waals surface area contributed by atoms with Crippen LogP contribution in [0.5, 0.6) is 23.0 Å². The van der Waals surface area contributed by atoms with Gasteiger partial charge in [0, 0.05) is 6.07 Å². The van der Waals surface area contributed by atoms with Gasteiger partial charge in [-0.05, 0) is 37.1 Å². The monoisotopic (exact) mass is 405 g/mol. The zero-order valence-corrected chi connectivity index (χ0v) is 16.9. The van der Waals surface area contributed by atoms with Crippen LogP contribution in [0.4, 0.5) is 5.69 Å². The Balaban J connectivity index is 2.33. The Hall–Kier alpha value is -3.49. The predicted octanol–water partition coefficient (Wildman–Crippen LogP) is 3.68. The molecule has 0 saturated heterocycles. The number of hydrogen-bond donors (Lipinski definition) is 0. The van der Waals surface area contributed by atoms with Gasteiger partial charge in [-0.1, -0.05) is 0 Å². The molecule has 0 saturated carbocycles. The van der Waals surface area contributed by atoms with Gasteiger partial charge in [0.05, 0.1) is 38.9 Å². The van der Waals surface area contributed by atoms with Gasteiger partial charge in [0.1, 0.15) is 12.2 Å². The summed E-state index contributed by atoms with van der Waals surface area (Å²) in [4.78, 5) is 23.4. The van der Waals surface area contributed by atoms with Crippen molar-refractivity contribution in [2.45, 2.75) is 20.5 Å². The lowest BCUT2D eigenvalue weighted by Gasteiger charge is -2.14. The number of ether oxygens (including phenoxy) is 5. The van der Waals surface area contributed by atoms with E-state index in [1.54, 1.807) is 19.1 Å². The van der Waals surface area contributed by atoms with Crippen LogP contribution in [0.3, 0.4) is 0 Å². The summed E-state index contributed by atoms with van der Waals surface area (Å²) in [6.45, 7) is 3.78. The van der Waals surface area contributed by atoms with Crippen LogP contribution in [0.25, 0.3) is 0 Å². The second-order valence-corrected chi connectivity index (χ2v) is 5.92. The fourth-order valence-electron chi connectivity index (χ4n) is 2.69. The molecular formula is C20H23NO8. The molecular weight excluding hydrogens is 382 g/mol. The number of nitro benzene ring substituents is 1. The molecule has 0 bridgehead atoms. The molecule has 2 rings (SSSR count). The van der Waals surface area contributed by atoms with Crippen LogP contribution in [0.15, 0.2) is 24.3 Å². The largest absolute Gasteiger partial charge is 0.493 e. The van der Waals surface area contributed by atoms with Crippen molar-refractivity contribution < 1.29 is 33.4 Å². The summed E-state index contributed by atoms with van der Waals surface area (Å²) in [6.07, 6.45) is 0. The van der Waals surface area contributed by atoms with Crippen molar-refractivity contribution in [3.8, 4) is 23.0 Å². The second-order valence-electron chi connectivity index (χ2n) is 5.92. The van der Waals surface area contributed by atoms with E-state index in [1.807, 2.05) is 6.92 Å². The zero-order valence-electron chi connectivity index (χ0n) is 16.9. The van der Waals surface area contributed by atoms with Gasteiger partial charge in [0.25, 0.3) is 5.69 Å². The van der Waals surface area contributed by atoms with Crippen molar-refractivity contribution in [3.63, 3.8) is 0 Å². The molecule has 2 aromatic rings. The molecule has 0 amide bonds. The third kappa shape index (κ3) is 4.87. The van der Waals surface area contributed by atoms with Crippen molar-refractivity contribution in [3.05, 3.63) is 51.1 Å². The maximum Gasteiger partial charge on any atom is 0.345 e. The highest BCUT2D eigenvalue weighted by Gasteiger charge is 2.26. The van der Waals surface area contributed by atoms with Gasteiger partial charge in [-0.2, -0.15) is 0 Å². The van der Waals surface area contributed by atoms with Gasteiger partial charge in [0.2, 0.25) is 0 Å². The van der Waals surface area contributed by atoms with E-state index in [1.165, 1.54) is 27.4 Å². The predicted molar refractivity (Wildman–Crippen MR) is 104 cm³/mol. The number of nitrogens with zero attached hydrogens (tertiary/aromatic N) is 1. The van der Waals surface area contributed by atoms with E-state index in [-0.39, 0.29) is 23.7 Å². The standard InChI is InChI=1S/C20H23NO8/c1-6-28-19-9-14(15(21(23)24)10-18(19)27-5)20(22)29-11-13-8-17(26-4)16(25-3)7-12(13)2/h7-10H,6,11H2,1-5H3. The second kappa shape index (κ2) is 9.63. The molecule has 0 atom stereocenters. The summed E-state index contributed by atoms with van der Waals surface area (Å²) in [5.74, 6) is 0.556. The van der Waals surface area contributed by atoms with Crippen LogP contribution in [0.1, 0.15) is 28.4 Å². The molecule has 0 aliphatic heterocycles. The molecule has 0 fully saturated rings. The number of rotatable bonds is 9. The number of esters is 1. The molecule has 29 heavy (non-hydrogen) atoms. The van der Waals surface area contributed by atoms with E-state index >= 15 is 0 Å². The topological polar surface area (TPSA) is 106 Å². The summed E-state index contributed by atoms with van der Waals surface area (Å²) in [7, 11) is 4.38. The zero-order chi connectivity index (χ0) is 21.6. The molecule has 0 heterocycles. The Morgan fingerprint density at radius 2 is 1.55 bits per heavy atom. The minimum Gasteiger partial charge on any atom is -0.493 e. The van der Waals surface area contributed by atoms with Crippen LogP contribution < -0.4 is 18.9 Å². The minimum absolute atomic E-state index is 0.0990. The highest BCUT2D eigenvalue weighted by molar-refractivity contribution is 5.95. The molecule has 9 nitrogen and oxygen atoms in total. The third-order valence-corrected chi connectivity index (χ3v) is 4.20. The first-order valence-electron chi connectivity index (χ1n) is 8.74. The average molecular weight is 405 g/mol. The van der Waals surface area contributed by atoms with Crippen LogP contribution in [0, 0.1) is 17.0 Å². The first-order chi connectivity index (χ1) is 13.9. The highest BCUT2D eigenvalue weighted by Crippen LogP contribution is 2.35. The highest BCUT2D eigenvalue weighted by atomic mass is 16.6.